The van der Waals surface area contributed by atoms with Gasteiger partial charge < -0.3 is 10.1 Å². The van der Waals surface area contributed by atoms with Gasteiger partial charge in [-0.3, -0.25) is 4.90 Å². The molecule has 1 fully saturated rings. The third kappa shape index (κ3) is 2.74. The lowest BCUT2D eigenvalue weighted by Crippen LogP contribution is -2.30. The number of nitrogens with one attached hydrogen (secondary N) is 1. The Kier molecular flexibility index (Phi) is 4.22. The lowest BCUT2D eigenvalue weighted by atomic mass is 10.0. The maximum atomic E-state index is 5.75. The fourth-order valence-electron chi connectivity index (χ4n) is 4.03. The third-order valence-electron chi connectivity index (χ3n) is 5.27. The number of hydrogen-bond acceptors (Lipinski definition) is 8. The first-order valence-electron chi connectivity index (χ1n) is 9.43. The summed E-state index contributed by atoms with van der Waals surface area (Å²) >= 11 is 1.80. The van der Waals surface area contributed by atoms with Crippen LogP contribution in [0.5, 0.6) is 0 Å². The Balaban J connectivity index is 1.56. The molecule has 0 bridgehead atoms. The van der Waals surface area contributed by atoms with Crippen LogP contribution >= 0.6 is 11.3 Å². The van der Waals surface area contributed by atoms with Gasteiger partial charge in [-0.05, 0) is 48.2 Å². The van der Waals surface area contributed by atoms with E-state index < -0.39 is 0 Å². The highest BCUT2D eigenvalue weighted by Gasteiger charge is 2.26. The van der Waals surface area contributed by atoms with Crippen molar-refractivity contribution in [3.8, 4) is 0 Å². The Bertz CT molecular complexity index is 930. The van der Waals surface area contributed by atoms with Crippen molar-refractivity contribution in [1.29, 1.82) is 0 Å². The molecule has 1 unspecified atom stereocenters. The smallest absolute Gasteiger partial charge is 0.276 e. The van der Waals surface area contributed by atoms with Crippen LogP contribution in [-0.4, -0.2) is 62.3 Å². The number of ether oxygens (including phenoxy) is 1. The molecule has 1 saturated heterocycles. The highest BCUT2D eigenvalue weighted by Crippen LogP contribution is 2.38. The van der Waals surface area contributed by atoms with Crippen LogP contribution in [-0.2, 0) is 17.7 Å². The van der Waals surface area contributed by atoms with Crippen molar-refractivity contribution in [1.82, 2.24) is 29.9 Å². The number of fused-ring (bicyclic) bond motifs is 5. The number of tetrazole rings is 1. The van der Waals surface area contributed by atoms with Gasteiger partial charge >= 0.3 is 0 Å². The normalized spacial score (nSPS) is 20.9. The molecule has 5 rings (SSSR count). The Hall–Kier alpha value is -1.84. The summed E-state index contributed by atoms with van der Waals surface area (Å²) < 4.78 is 7.53. The first kappa shape index (κ1) is 16.3. The van der Waals surface area contributed by atoms with Crippen molar-refractivity contribution in [2.24, 2.45) is 0 Å². The molecule has 0 saturated carbocycles. The fourth-order valence-corrected chi connectivity index (χ4v) is 5.36. The summed E-state index contributed by atoms with van der Waals surface area (Å²) in [6, 6.07) is 0. The third-order valence-corrected chi connectivity index (χ3v) is 6.46. The molecule has 138 valence electrons. The van der Waals surface area contributed by atoms with Gasteiger partial charge in [-0.25, -0.2) is 0 Å². The van der Waals surface area contributed by atoms with Crippen LogP contribution in [0.25, 0.3) is 16.0 Å². The predicted molar refractivity (Wildman–Crippen MR) is 101 cm³/mol. The Morgan fingerprint density at radius 2 is 2.35 bits per heavy atom. The largest absolute Gasteiger partial charge is 0.376 e. The van der Waals surface area contributed by atoms with E-state index in [9.17, 15) is 0 Å². The standard InChI is InChI=1S/C17H23N7OS/c1-2-6-23-7-5-12-13(10-23)26-16-14(12)15(18-9-11-4-3-8-25-11)19-17-20-21-22-24(16)17/h11H,2-10H2,1H3,(H,18,19,20,22). The molecular formula is C17H23N7OS. The monoisotopic (exact) mass is 373 g/mol. The van der Waals surface area contributed by atoms with Crippen molar-refractivity contribution in [2.45, 2.75) is 45.3 Å². The first-order chi connectivity index (χ1) is 12.8. The van der Waals surface area contributed by atoms with Gasteiger partial charge in [0.15, 0.2) is 0 Å². The maximum Gasteiger partial charge on any atom is 0.276 e. The van der Waals surface area contributed by atoms with Crippen molar-refractivity contribution < 1.29 is 4.74 Å². The number of nitrogens with zero attached hydrogens (tertiary/aromatic N) is 6. The maximum absolute atomic E-state index is 5.75. The molecule has 0 aliphatic carbocycles. The van der Waals surface area contributed by atoms with Crippen LogP contribution in [0.4, 0.5) is 5.82 Å². The zero-order chi connectivity index (χ0) is 17.5. The quantitative estimate of drug-likeness (QED) is 0.733. The average Bonchev–Trinajstić information content (AvgIpc) is 3.38. The summed E-state index contributed by atoms with van der Waals surface area (Å²) in [5, 5.41) is 16.8. The Morgan fingerprint density at radius 1 is 1.38 bits per heavy atom. The highest BCUT2D eigenvalue weighted by atomic mass is 32.1. The molecule has 0 radical (unpaired) electrons. The zero-order valence-electron chi connectivity index (χ0n) is 14.9. The molecule has 2 aliphatic rings. The SMILES string of the molecule is CCCN1CCc2c(sc3c2c(NCC2CCCO2)nc2nnnn23)C1. The van der Waals surface area contributed by atoms with Gasteiger partial charge in [0.1, 0.15) is 10.6 Å². The molecule has 1 atom stereocenters. The zero-order valence-corrected chi connectivity index (χ0v) is 15.8. The molecule has 9 heteroatoms. The van der Waals surface area contributed by atoms with E-state index in [4.69, 9.17) is 9.72 Å². The molecule has 0 amide bonds. The molecule has 26 heavy (non-hydrogen) atoms. The van der Waals surface area contributed by atoms with E-state index in [2.05, 4.69) is 32.7 Å². The van der Waals surface area contributed by atoms with E-state index in [1.165, 1.54) is 22.2 Å². The van der Waals surface area contributed by atoms with Gasteiger partial charge in [0.05, 0.1) is 11.5 Å². The van der Waals surface area contributed by atoms with Crippen molar-refractivity contribution in [2.75, 3.05) is 31.6 Å². The number of thiophene rings is 1. The first-order valence-corrected chi connectivity index (χ1v) is 10.3. The molecule has 0 spiro atoms. The average molecular weight is 373 g/mol. The lowest BCUT2D eigenvalue weighted by Gasteiger charge is -2.26. The van der Waals surface area contributed by atoms with Crippen LogP contribution in [0.15, 0.2) is 0 Å². The van der Waals surface area contributed by atoms with Gasteiger partial charge in [0.25, 0.3) is 5.78 Å². The van der Waals surface area contributed by atoms with E-state index in [1.807, 2.05) is 0 Å². The van der Waals surface area contributed by atoms with Crippen molar-refractivity contribution >= 4 is 33.1 Å². The highest BCUT2D eigenvalue weighted by molar-refractivity contribution is 7.19. The second-order valence-corrected chi connectivity index (χ2v) is 8.16. The van der Waals surface area contributed by atoms with E-state index in [1.54, 1.807) is 15.9 Å². The summed E-state index contributed by atoms with van der Waals surface area (Å²) in [7, 11) is 0. The van der Waals surface area contributed by atoms with Crippen LogP contribution < -0.4 is 5.32 Å². The summed E-state index contributed by atoms with van der Waals surface area (Å²) in [5.74, 6) is 1.45. The summed E-state index contributed by atoms with van der Waals surface area (Å²) in [5.41, 5.74) is 1.41. The van der Waals surface area contributed by atoms with E-state index in [0.29, 0.717) is 5.78 Å². The second kappa shape index (κ2) is 6.71. The van der Waals surface area contributed by atoms with Crippen LogP contribution in [0.2, 0.25) is 0 Å². The van der Waals surface area contributed by atoms with Gasteiger partial charge in [0.2, 0.25) is 0 Å². The van der Waals surface area contributed by atoms with Crippen LogP contribution in [0, 0.1) is 0 Å². The van der Waals surface area contributed by atoms with E-state index >= 15 is 0 Å². The summed E-state index contributed by atoms with van der Waals surface area (Å²) in [6.07, 6.45) is 4.77. The van der Waals surface area contributed by atoms with Gasteiger partial charge in [-0.1, -0.05) is 12.0 Å². The lowest BCUT2D eigenvalue weighted by molar-refractivity contribution is 0.120. The topological polar surface area (TPSA) is 80.5 Å². The Morgan fingerprint density at radius 3 is 3.19 bits per heavy atom. The number of rotatable bonds is 5. The van der Waals surface area contributed by atoms with Crippen LogP contribution in [0.3, 0.4) is 0 Å². The van der Waals surface area contributed by atoms with E-state index in [-0.39, 0.29) is 6.10 Å². The minimum Gasteiger partial charge on any atom is -0.376 e. The number of hydrogen-bond donors (Lipinski definition) is 1. The summed E-state index contributed by atoms with van der Waals surface area (Å²) in [6.45, 7) is 7.15. The number of anilines is 1. The minimum absolute atomic E-state index is 0.272. The molecule has 0 aromatic carbocycles. The number of aromatic nitrogens is 5. The van der Waals surface area contributed by atoms with Crippen molar-refractivity contribution in [3.63, 3.8) is 0 Å². The molecule has 8 nitrogen and oxygen atoms in total. The molecule has 2 aliphatic heterocycles. The Labute approximate surface area is 155 Å². The molecule has 3 aromatic rings. The van der Waals surface area contributed by atoms with Gasteiger partial charge in [-0.15, -0.1) is 11.3 Å². The minimum atomic E-state index is 0.272. The molecular weight excluding hydrogens is 350 g/mol. The molecule has 1 N–H and O–H groups in total. The van der Waals surface area contributed by atoms with Gasteiger partial charge in [-0.2, -0.15) is 9.50 Å². The van der Waals surface area contributed by atoms with Crippen LogP contribution in [0.1, 0.15) is 36.6 Å². The second-order valence-electron chi connectivity index (χ2n) is 7.08. The fraction of sp³-hybridized carbons (Fsp3) is 0.647. The van der Waals surface area contributed by atoms with E-state index in [0.717, 1.165) is 62.7 Å². The predicted octanol–water partition coefficient (Wildman–Crippen LogP) is 2.09. The molecule has 3 aromatic heterocycles. The summed E-state index contributed by atoms with van der Waals surface area (Å²) in [4.78, 5) is 9.76. The van der Waals surface area contributed by atoms with Crippen molar-refractivity contribution in [3.05, 3.63) is 10.4 Å². The van der Waals surface area contributed by atoms with Gasteiger partial charge in [0, 0.05) is 31.1 Å². The molecule has 5 heterocycles.